The molecule has 3 rings (SSSR count). The molecule has 1 aromatic heterocycles. The highest BCUT2D eigenvalue weighted by Gasteiger charge is 2.12. The van der Waals surface area contributed by atoms with Crippen LogP contribution in [0, 0.1) is 0 Å². The summed E-state index contributed by atoms with van der Waals surface area (Å²) in [5.41, 5.74) is 4.52. The zero-order valence-electron chi connectivity index (χ0n) is 17.7. The van der Waals surface area contributed by atoms with Crippen molar-refractivity contribution in [1.82, 2.24) is 15.2 Å². The number of hydrogen-bond acceptors (Lipinski definition) is 3. The number of nitrogens with one attached hydrogen (secondary N) is 2. The van der Waals surface area contributed by atoms with Gasteiger partial charge in [0.25, 0.3) is 5.91 Å². The Morgan fingerprint density at radius 2 is 1.80 bits per heavy atom. The molecule has 2 N–H and O–H groups in total. The van der Waals surface area contributed by atoms with Gasteiger partial charge in [0, 0.05) is 29.4 Å². The summed E-state index contributed by atoms with van der Waals surface area (Å²) in [6, 6.07) is 17.3. The number of hydrogen-bond donors (Lipinski definition) is 2. The lowest BCUT2D eigenvalue weighted by Gasteiger charge is -2.19. The molecule has 5 nitrogen and oxygen atoms in total. The smallest absolute Gasteiger partial charge is 0.267 e. The van der Waals surface area contributed by atoms with Crippen LogP contribution in [0.2, 0.25) is 5.02 Å². The highest BCUT2D eigenvalue weighted by Crippen LogP contribution is 2.22. The standard InChI is InChI=1S/C24H28ClN3O2/c1-4-28(5-2)16-17-6-13-23(30-3)19(14-17)15-26-24(29)22-12-11-21(27-22)18-7-9-20(25)10-8-18/h6-14,27H,4-5,15-16H2,1-3H3,(H,26,29). The molecule has 6 heteroatoms. The average molecular weight is 426 g/mol. The van der Waals surface area contributed by atoms with Gasteiger partial charge in [-0.1, -0.05) is 43.6 Å². The predicted octanol–water partition coefficient (Wildman–Crippen LogP) is 5.12. The fraction of sp³-hybridized carbons (Fsp3) is 0.292. The van der Waals surface area contributed by atoms with Crippen LogP contribution < -0.4 is 10.1 Å². The first-order valence-corrected chi connectivity index (χ1v) is 10.5. The number of benzene rings is 2. The van der Waals surface area contributed by atoms with Crippen molar-refractivity contribution in [3.8, 4) is 17.0 Å². The second kappa shape index (κ2) is 10.3. The van der Waals surface area contributed by atoms with Crippen LogP contribution in [0.15, 0.2) is 54.6 Å². The largest absolute Gasteiger partial charge is 0.496 e. The number of ether oxygens (including phenoxy) is 1. The minimum atomic E-state index is -0.161. The summed E-state index contributed by atoms with van der Waals surface area (Å²) in [7, 11) is 1.65. The molecule has 30 heavy (non-hydrogen) atoms. The van der Waals surface area contributed by atoms with E-state index in [1.165, 1.54) is 5.56 Å². The van der Waals surface area contributed by atoms with Crippen molar-refractivity contribution in [2.45, 2.75) is 26.9 Å². The van der Waals surface area contributed by atoms with Crippen LogP contribution in [0.4, 0.5) is 0 Å². The number of aromatic amines is 1. The molecular formula is C24H28ClN3O2. The fourth-order valence-corrected chi connectivity index (χ4v) is 3.50. The second-order valence-corrected chi connectivity index (χ2v) is 7.52. The number of H-pyrrole nitrogens is 1. The van der Waals surface area contributed by atoms with Gasteiger partial charge in [-0.2, -0.15) is 0 Å². The van der Waals surface area contributed by atoms with Gasteiger partial charge >= 0.3 is 0 Å². The van der Waals surface area contributed by atoms with E-state index in [4.69, 9.17) is 16.3 Å². The molecule has 0 unspecified atom stereocenters. The quantitative estimate of drug-likeness (QED) is 0.500. The first-order chi connectivity index (χ1) is 14.5. The summed E-state index contributed by atoms with van der Waals surface area (Å²) in [6.07, 6.45) is 0. The average Bonchev–Trinajstić information content (AvgIpc) is 3.26. The van der Waals surface area contributed by atoms with Crippen LogP contribution in [0.3, 0.4) is 0 Å². The van der Waals surface area contributed by atoms with Crippen molar-refractivity contribution in [3.05, 3.63) is 76.4 Å². The van der Waals surface area contributed by atoms with Crippen molar-refractivity contribution < 1.29 is 9.53 Å². The Morgan fingerprint density at radius 3 is 2.47 bits per heavy atom. The zero-order valence-corrected chi connectivity index (χ0v) is 18.4. The zero-order chi connectivity index (χ0) is 21.5. The van der Waals surface area contributed by atoms with Gasteiger partial charge in [-0.15, -0.1) is 0 Å². The van der Waals surface area contributed by atoms with Crippen LogP contribution in [0.25, 0.3) is 11.3 Å². The number of carbonyl (C=O) groups is 1. The summed E-state index contributed by atoms with van der Waals surface area (Å²) >= 11 is 5.95. The molecule has 0 saturated carbocycles. The first kappa shape index (κ1) is 21.9. The Morgan fingerprint density at radius 1 is 1.07 bits per heavy atom. The van der Waals surface area contributed by atoms with E-state index >= 15 is 0 Å². The van der Waals surface area contributed by atoms with Crippen molar-refractivity contribution >= 4 is 17.5 Å². The number of aromatic nitrogens is 1. The van der Waals surface area contributed by atoms with Gasteiger partial charge in [-0.05, 0) is 60.6 Å². The van der Waals surface area contributed by atoms with Gasteiger partial charge in [0.05, 0.1) is 7.11 Å². The summed E-state index contributed by atoms with van der Waals surface area (Å²) in [6.45, 7) is 7.57. The molecule has 0 fully saturated rings. The van der Waals surface area contributed by atoms with Gasteiger partial charge in [0.15, 0.2) is 0 Å². The molecule has 158 valence electrons. The Hall–Kier alpha value is -2.76. The van der Waals surface area contributed by atoms with Gasteiger partial charge in [0.1, 0.15) is 11.4 Å². The molecule has 2 aromatic carbocycles. The first-order valence-electron chi connectivity index (χ1n) is 10.1. The second-order valence-electron chi connectivity index (χ2n) is 7.08. The van der Waals surface area contributed by atoms with E-state index in [1.807, 2.05) is 36.4 Å². The summed E-state index contributed by atoms with van der Waals surface area (Å²) in [4.78, 5) is 18.2. The molecule has 0 aliphatic heterocycles. The number of nitrogens with zero attached hydrogens (tertiary/aromatic N) is 1. The van der Waals surface area contributed by atoms with Crippen molar-refractivity contribution in [2.75, 3.05) is 20.2 Å². The maximum Gasteiger partial charge on any atom is 0.267 e. The van der Waals surface area contributed by atoms with E-state index in [9.17, 15) is 4.79 Å². The third-order valence-electron chi connectivity index (χ3n) is 5.17. The number of rotatable bonds is 9. The van der Waals surface area contributed by atoms with Crippen molar-refractivity contribution in [2.24, 2.45) is 0 Å². The Labute approximate surface area is 183 Å². The van der Waals surface area contributed by atoms with Gasteiger partial charge < -0.3 is 15.0 Å². The third kappa shape index (κ3) is 5.43. The van der Waals surface area contributed by atoms with E-state index in [1.54, 1.807) is 13.2 Å². The Balaban J connectivity index is 1.68. The molecule has 0 bridgehead atoms. The summed E-state index contributed by atoms with van der Waals surface area (Å²) in [5, 5.41) is 3.67. The van der Waals surface area contributed by atoms with Crippen LogP contribution in [-0.4, -0.2) is 36.0 Å². The topological polar surface area (TPSA) is 57.4 Å². The number of amides is 1. The van der Waals surface area contributed by atoms with Gasteiger partial charge in [-0.25, -0.2) is 0 Å². The lowest BCUT2D eigenvalue weighted by atomic mass is 10.1. The monoisotopic (exact) mass is 425 g/mol. The van der Waals surface area contributed by atoms with E-state index in [-0.39, 0.29) is 5.91 Å². The van der Waals surface area contributed by atoms with Crippen molar-refractivity contribution in [3.63, 3.8) is 0 Å². The molecule has 0 aliphatic rings. The van der Waals surface area contributed by atoms with E-state index < -0.39 is 0 Å². The SMILES string of the molecule is CCN(CC)Cc1ccc(OC)c(CNC(=O)c2ccc(-c3ccc(Cl)cc3)[nH]2)c1. The Kier molecular flexibility index (Phi) is 7.55. The summed E-state index contributed by atoms with van der Waals surface area (Å²) < 4.78 is 5.48. The lowest BCUT2D eigenvalue weighted by Crippen LogP contribution is -2.24. The van der Waals surface area contributed by atoms with Crippen LogP contribution in [0.5, 0.6) is 5.75 Å². The number of methoxy groups -OCH3 is 1. The molecule has 1 amide bonds. The van der Waals surface area contributed by atoms with Gasteiger partial charge in [-0.3, -0.25) is 9.69 Å². The highest BCUT2D eigenvalue weighted by atomic mass is 35.5. The van der Waals surface area contributed by atoms with Crippen molar-refractivity contribution in [1.29, 1.82) is 0 Å². The minimum Gasteiger partial charge on any atom is -0.496 e. The minimum absolute atomic E-state index is 0.161. The highest BCUT2D eigenvalue weighted by molar-refractivity contribution is 6.30. The maximum absolute atomic E-state index is 12.7. The van der Waals surface area contributed by atoms with E-state index in [2.05, 4.69) is 41.2 Å². The summed E-state index contributed by atoms with van der Waals surface area (Å²) in [5.74, 6) is 0.610. The Bertz CT molecular complexity index is 978. The van der Waals surface area contributed by atoms with Crippen LogP contribution in [-0.2, 0) is 13.1 Å². The normalized spacial score (nSPS) is 11.0. The number of carbonyl (C=O) groups excluding carboxylic acids is 1. The third-order valence-corrected chi connectivity index (χ3v) is 5.42. The predicted molar refractivity (Wildman–Crippen MR) is 122 cm³/mol. The fourth-order valence-electron chi connectivity index (χ4n) is 3.37. The van der Waals surface area contributed by atoms with E-state index in [0.29, 0.717) is 17.3 Å². The molecule has 0 spiro atoms. The van der Waals surface area contributed by atoms with Crippen LogP contribution in [0.1, 0.15) is 35.5 Å². The number of halogens is 1. The van der Waals surface area contributed by atoms with Crippen LogP contribution >= 0.6 is 11.6 Å². The van der Waals surface area contributed by atoms with Gasteiger partial charge in [0.2, 0.25) is 0 Å². The molecular weight excluding hydrogens is 398 g/mol. The molecule has 0 saturated heterocycles. The molecule has 1 heterocycles. The molecule has 0 radical (unpaired) electrons. The molecule has 3 aromatic rings. The maximum atomic E-state index is 12.7. The lowest BCUT2D eigenvalue weighted by molar-refractivity contribution is 0.0946. The molecule has 0 aliphatic carbocycles. The molecule has 0 atom stereocenters. The van der Waals surface area contributed by atoms with E-state index in [0.717, 1.165) is 42.2 Å².